The number of para-hydroxylation sites is 1. The summed E-state index contributed by atoms with van der Waals surface area (Å²) in [7, 11) is -2.50. The van der Waals surface area contributed by atoms with E-state index in [0.29, 0.717) is 16.6 Å². The van der Waals surface area contributed by atoms with Crippen LogP contribution in [0.5, 0.6) is 5.75 Å². The first-order chi connectivity index (χ1) is 16.8. The number of hydrogen-bond donors (Lipinski definition) is 2. The minimum absolute atomic E-state index is 0.0422. The number of aromatic nitrogens is 1. The second kappa shape index (κ2) is 9.61. The number of halogens is 1. The molecule has 1 aromatic heterocycles. The van der Waals surface area contributed by atoms with Crippen molar-refractivity contribution in [3.05, 3.63) is 53.2 Å². The third-order valence-corrected chi connectivity index (χ3v) is 9.62. The van der Waals surface area contributed by atoms with Crippen molar-refractivity contribution in [3.63, 3.8) is 0 Å². The molecule has 5 rings (SSSR count). The monoisotopic (exact) mass is 533 g/mol. The van der Waals surface area contributed by atoms with Gasteiger partial charge in [0.1, 0.15) is 10.6 Å². The molecular formula is C25H28ClN3O4S2. The van der Waals surface area contributed by atoms with Gasteiger partial charge >= 0.3 is 0 Å². The van der Waals surface area contributed by atoms with E-state index in [0.717, 1.165) is 60.2 Å². The molecule has 2 aliphatic rings. The van der Waals surface area contributed by atoms with Gasteiger partial charge in [-0.2, -0.15) is 0 Å². The average Bonchev–Trinajstić information content (AvgIpc) is 3.55. The van der Waals surface area contributed by atoms with Crippen molar-refractivity contribution in [2.24, 2.45) is 5.92 Å². The fraction of sp³-hybridized carbons (Fsp3) is 0.400. The second-order valence-electron chi connectivity index (χ2n) is 9.05. The Kier molecular flexibility index (Phi) is 6.69. The van der Waals surface area contributed by atoms with Crippen LogP contribution in [0.2, 0.25) is 5.02 Å². The maximum Gasteiger partial charge on any atom is 0.265 e. The molecule has 0 radical (unpaired) electrons. The first-order valence-electron chi connectivity index (χ1n) is 11.6. The number of ether oxygens (including phenoxy) is 2. The lowest BCUT2D eigenvalue weighted by molar-refractivity contribution is 0.0577. The molecule has 0 amide bonds. The predicted molar refractivity (Wildman–Crippen MR) is 140 cm³/mol. The number of thiazole rings is 1. The maximum absolute atomic E-state index is 13.3. The molecule has 10 heteroatoms. The number of methoxy groups -OCH3 is 1. The van der Waals surface area contributed by atoms with Gasteiger partial charge in [0.15, 0.2) is 5.13 Å². The van der Waals surface area contributed by atoms with Gasteiger partial charge in [-0.1, -0.05) is 35.1 Å². The standard InChI is InChI=1S/C25H28ClN3O4S2/c1-16-23(34-24(27-16)28-25(11-12-25)18-9-13-33-14-10-18)17-7-8-21(32-2)22(15-17)35(30,31)29-20-6-4-3-5-19(20)26/h3-8,15,18,29H,9-14H2,1-2H3,(H,27,28). The lowest BCUT2D eigenvalue weighted by Gasteiger charge is -2.31. The normalized spacial score (nSPS) is 17.7. The van der Waals surface area contributed by atoms with E-state index in [-0.39, 0.29) is 16.2 Å². The van der Waals surface area contributed by atoms with Crippen LogP contribution in [-0.4, -0.2) is 39.3 Å². The third-order valence-electron chi connectivity index (χ3n) is 6.78. The van der Waals surface area contributed by atoms with E-state index in [2.05, 4.69) is 10.0 Å². The molecule has 1 aliphatic heterocycles. The van der Waals surface area contributed by atoms with Gasteiger partial charge in [0.2, 0.25) is 0 Å². The number of rotatable bonds is 8. The minimum atomic E-state index is -3.95. The summed E-state index contributed by atoms with van der Waals surface area (Å²) in [5.74, 6) is 0.850. The van der Waals surface area contributed by atoms with Crippen molar-refractivity contribution in [2.45, 2.75) is 43.0 Å². The lowest BCUT2D eigenvalue weighted by atomic mass is 9.89. The fourth-order valence-corrected chi connectivity index (χ4v) is 7.31. The summed E-state index contributed by atoms with van der Waals surface area (Å²) in [5.41, 5.74) is 2.04. The molecule has 0 unspecified atom stereocenters. The van der Waals surface area contributed by atoms with Crippen molar-refractivity contribution in [2.75, 3.05) is 30.4 Å². The summed E-state index contributed by atoms with van der Waals surface area (Å²) in [6.07, 6.45) is 4.43. The molecule has 1 saturated carbocycles. The zero-order valence-corrected chi connectivity index (χ0v) is 22.0. The lowest BCUT2D eigenvalue weighted by Crippen LogP contribution is -2.35. The maximum atomic E-state index is 13.3. The number of anilines is 2. The second-order valence-corrected chi connectivity index (χ2v) is 12.1. The summed E-state index contributed by atoms with van der Waals surface area (Å²) in [5, 5.41) is 4.91. The Balaban J connectivity index is 1.44. The minimum Gasteiger partial charge on any atom is -0.495 e. The van der Waals surface area contributed by atoms with Crippen LogP contribution in [-0.2, 0) is 14.8 Å². The van der Waals surface area contributed by atoms with Gasteiger partial charge in [0, 0.05) is 18.8 Å². The smallest absolute Gasteiger partial charge is 0.265 e. The van der Waals surface area contributed by atoms with E-state index >= 15 is 0 Å². The van der Waals surface area contributed by atoms with E-state index in [9.17, 15) is 8.42 Å². The van der Waals surface area contributed by atoms with E-state index in [1.165, 1.54) is 7.11 Å². The number of sulfonamides is 1. The molecule has 186 valence electrons. The molecular weight excluding hydrogens is 506 g/mol. The van der Waals surface area contributed by atoms with Crippen LogP contribution in [0.15, 0.2) is 47.4 Å². The van der Waals surface area contributed by atoms with E-state index in [1.807, 2.05) is 13.0 Å². The van der Waals surface area contributed by atoms with Crippen LogP contribution < -0.4 is 14.8 Å². The molecule has 2 N–H and O–H groups in total. The molecule has 3 aromatic rings. The molecule has 1 aliphatic carbocycles. The van der Waals surface area contributed by atoms with Crippen molar-refractivity contribution in [3.8, 4) is 16.2 Å². The molecule has 1 saturated heterocycles. The Labute approximate surface area is 214 Å². The Bertz CT molecular complexity index is 1330. The quantitative estimate of drug-likeness (QED) is 0.372. The number of nitrogens with zero attached hydrogens (tertiary/aromatic N) is 1. The molecule has 2 aromatic carbocycles. The molecule has 35 heavy (non-hydrogen) atoms. The Hall–Kier alpha value is -2.33. The predicted octanol–water partition coefficient (Wildman–Crippen LogP) is 5.95. The van der Waals surface area contributed by atoms with Crippen molar-refractivity contribution >= 4 is 43.8 Å². The largest absolute Gasteiger partial charge is 0.495 e. The van der Waals surface area contributed by atoms with Gasteiger partial charge in [-0.05, 0) is 74.4 Å². The van der Waals surface area contributed by atoms with Crippen LogP contribution in [0.1, 0.15) is 31.4 Å². The Morgan fingerprint density at radius 1 is 1.17 bits per heavy atom. The van der Waals surface area contributed by atoms with Gasteiger partial charge in [-0.25, -0.2) is 13.4 Å². The number of hydrogen-bond acceptors (Lipinski definition) is 7. The van der Waals surface area contributed by atoms with E-state index < -0.39 is 10.0 Å². The highest BCUT2D eigenvalue weighted by Gasteiger charge is 2.50. The molecule has 2 fully saturated rings. The Morgan fingerprint density at radius 3 is 2.60 bits per heavy atom. The van der Waals surface area contributed by atoms with Crippen molar-refractivity contribution < 1.29 is 17.9 Å². The van der Waals surface area contributed by atoms with Gasteiger partial charge < -0.3 is 14.8 Å². The molecule has 2 heterocycles. The number of nitrogens with one attached hydrogen (secondary N) is 2. The van der Waals surface area contributed by atoms with Gasteiger partial charge in [0.05, 0.1) is 28.4 Å². The van der Waals surface area contributed by atoms with Crippen LogP contribution in [0.3, 0.4) is 0 Å². The fourth-order valence-electron chi connectivity index (χ4n) is 4.72. The highest BCUT2D eigenvalue weighted by Crippen LogP contribution is 2.50. The topological polar surface area (TPSA) is 89.5 Å². The SMILES string of the molecule is COc1ccc(-c2sc(NC3(C4CCOCC4)CC3)nc2C)cc1S(=O)(=O)Nc1ccccc1Cl. The first kappa shape index (κ1) is 24.4. The molecule has 0 bridgehead atoms. The molecule has 0 spiro atoms. The van der Waals surface area contributed by atoms with Crippen LogP contribution >= 0.6 is 22.9 Å². The summed E-state index contributed by atoms with van der Waals surface area (Å²) in [4.78, 5) is 5.75. The summed E-state index contributed by atoms with van der Waals surface area (Å²) >= 11 is 7.73. The van der Waals surface area contributed by atoms with Crippen molar-refractivity contribution in [1.82, 2.24) is 4.98 Å². The summed E-state index contributed by atoms with van der Waals surface area (Å²) in [6, 6.07) is 11.9. The van der Waals surface area contributed by atoms with Gasteiger partial charge in [-0.3, -0.25) is 4.72 Å². The molecule has 0 atom stereocenters. The van der Waals surface area contributed by atoms with Gasteiger partial charge in [-0.15, -0.1) is 0 Å². The highest BCUT2D eigenvalue weighted by molar-refractivity contribution is 7.92. The number of benzene rings is 2. The zero-order valence-electron chi connectivity index (χ0n) is 19.6. The van der Waals surface area contributed by atoms with E-state index in [4.69, 9.17) is 26.1 Å². The first-order valence-corrected chi connectivity index (χ1v) is 14.3. The zero-order chi connectivity index (χ0) is 24.6. The summed E-state index contributed by atoms with van der Waals surface area (Å²) in [6.45, 7) is 3.59. The molecule has 7 nitrogen and oxygen atoms in total. The van der Waals surface area contributed by atoms with Crippen LogP contribution in [0.25, 0.3) is 10.4 Å². The average molecular weight is 534 g/mol. The van der Waals surface area contributed by atoms with Gasteiger partial charge in [0.25, 0.3) is 10.0 Å². The number of aryl methyl sites for hydroxylation is 1. The Morgan fingerprint density at radius 2 is 1.91 bits per heavy atom. The van der Waals surface area contributed by atoms with Crippen LogP contribution in [0.4, 0.5) is 10.8 Å². The van der Waals surface area contributed by atoms with Crippen LogP contribution in [0, 0.1) is 12.8 Å². The van der Waals surface area contributed by atoms with E-state index in [1.54, 1.807) is 47.7 Å². The highest BCUT2D eigenvalue weighted by atomic mass is 35.5. The summed E-state index contributed by atoms with van der Waals surface area (Å²) < 4.78 is 40.1. The third kappa shape index (κ3) is 5.00. The van der Waals surface area contributed by atoms with Crippen molar-refractivity contribution in [1.29, 1.82) is 0 Å².